The highest BCUT2D eigenvalue weighted by molar-refractivity contribution is 6.09. The van der Waals surface area contributed by atoms with E-state index in [1.165, 1.54) is 12.1 Å². The van der Waals surface area contributed by atoms with Crippen molar-refractivity contribution in [1.29, 1.82) is 0 Å². The first-order valence-electron chi connectivity index (χ1n) is 9.39. The molecule has 3 aromatic carbocycles. The molecule has 0 bridgehead atoms. The zero-order valence-corrected chi connectivity index (χ0v) is 16.8. The van der Waals surface area contributed by atoms with Crippen molar-refractivity contribution in [2.75, 3.05) is 5.32 Å². The predicted octanol–water partition coefficient (Wildman–Crippen LogP) is 5.75. The molecule has 9 heteroatoms. The summed E-state index contributed by atoms with van der Waals surface area (Å²) >= 11 is 0. The molecule has 0 aliphatic rings. The maximum Gasteiger partial charge on any atom is 0.271 e. The number of nitrogens with one attached hydrogen (secondary N) is 1. The summed E-state index contributed by atoms with van der Waals surface area (Å²) in [7, 11) is 0. The third-order valence-corrected chi connectivity index (χ3v) is 4.82. The number of nitrogens with two attached hydrogens (primary N) is 1. The minimum atomic E-state index is -0.468. The summed E-state index contributed by atoms with van der Waals surface area (Å²) in [5, 5.41) is 19.0. The molecule has 0 saturated carbocycles. The fourth-order valence-corrected chi connectivity index (χ4v) is 3.42. The Morgan fingerprint density at radius 2 is 1.77 bits per heavy atom. The highest BCUT2D eigenvalue weighted by atomic mass is 16.6. The molecule has 4 aromatic rings. The Kier molecular flexibility index (Phi) is 5.00. The highest BCUT2D eigenvalue weighted by Crippen LogP contribution is 2.36. The lowest BCUT2D eigenvalue weighted by Gasteiger charge is -2.14. The molecule has 31 heavy (non-hydrogen) atoms. The Hall–Kier alpha value is -4.40. The van der Waals surface area contributed by atoms with Crippen molar-refractivity contribution in [2.24, 2.45) is 15.9 Å². The molecule has 0 aliphatic carbocycles. The van der Waals surface area contributed by atoms with Crippen LogP contribution in [0, 0.1) is 21.9 Å². The monoisotopic (exact) mass is 414 g/mol. The molecule has 1 aromatic heterocycles. The average molecular weight is 414 g/mol. The summed E-state index contributed by atoms with van der Waals surface area (Å²) in [4.78, 5) is 30.6. The van der Waals surface area contributed by atoms with Gasteiger partial charge in [0.15, 0.2) is 0 Å². The van der Waals surface area contributed by atoms with Crippen molar-refractivity contribution >= 4 is 56.1 Å². The molecule has 0 atom stereocenters. The summed E-state index contributed by atoms with van der Waals surface area (Å²) in [6.07, 6.45) is 0. The van der Waals surface area contributed by atoms with Crippen LogP contribution >= 0.6 is 0 Å². The molecular weight excluding hydrogens is 396 g/mol. The Bertz CT molecular complexity index is 1390. The Labute approximate surface area is 176 Å². The molecule has 4 rings (SSSR count). The van der Waals surface area contributed by atoms with E-state index in [-0.39, 0.29) is 11.4 Å². The minimum Gasteiger partial charge on any atom is -0.387 e. The van der Waals surface area contributed by atoms with E-state index in [9.17, 15) is 15.0 Å². The molecule has 0 radical (unpaired) electrons. The lowest BCUT2D eigenvalue weighted by molar-refractivity contribution is -0.384. The lowest BCUT2D eigenvalue weighted by atomic mass is 10.1. The third-order valence-electron chi connectivity index (χ3n) is 4.82. The number of non-ortho nitro benzene ring substituents is 1. The number of aromatic nitrogens is 1. The Balaban J connectivity index is 1.92. The van der Waals surface area contributed by atoms with Crippen molar-refractivity contribution < 1.29 is 4.92 Å². The summed E-state index contributed by atoms with van der Waals surface area (Å²) in [6.45, 7) is 3.66. The number of amidine groups is 1. The molecule has 9 nitrogen and oxygen atoms in total. The van der Waals surface area contributed by atoms with Gasteiger partial charge in [-0.25, -0.2) is 9.98 Å². The average Bonchev–Trinajstić information content (AvgIpc) is 2.74. The van der Waals surface area contributed by atoms with E-state index in [0.29, 0.717) is 22.3 Å². The van der Waals surface area contributed by atoms with Gasteiger partial charge in [-0.15, -0.1) is 4.91 Å². The van der Waals surface area contributed by atoms with Gasteiger partial charge in [-0.2, -0.15) is 0 Å². The van der Waals surface area contributed by atoms with Crippen molar-refractivity contribution in [3.8, 4) is 0 Å². The van der Waals surface area contributed by atoms with Crippen LogP contribution in [-0.4, -0.2) is 15.7 Å². The first-order chi connectivity index (χ1) is 14.9. The quantitative estimate of drug-likeness (QED) is 0.106. The molecule has 0 spiro atoms. The number of anilines is 2. The van der Waals surface area contributed by atoms with Crippen LogP contribution in [0.3, 0.4) is 0 Å². The molecule has 0 fully saturated rings. The summed E-state index contributed by atoms with van der Waals surface area (Å²) in [5.41, 5.74) is 10.0. The Morgan fingerprint density at radius 3 is 2.42 bits per heavy atom. The fraction of sp³-hybridized carbons (Fsp3) is 0.0909. The molecule has 0 aliphatic heterocycles. The molecule has 154 valence electrons. The van der Waals surface area contributed by atoms with E-state index in [1.54, 1.807) is 31.2 Å². The number of hydrogen-bond donors (Lipinski definition) is 2. The number of aryl methyl sites for hydroxylation is 1. The topological polar surface area (TPSA) is 136 Å². The second-order valence-electron chi connectivity index (χ2n) is 7.12. The number of fused-ring (bicyclic) bond motifs is 2. The standard InChI is InChI=1S/C22H18N6O3/c1-12-9-14(4-8-19(12)24-13(2)23)25-22-17-6-3-15(27-29)10-20(17)26-21-11-16(28(30)31)5-7-18(21)22/h3-11H,1-2H3,(H2,23,24)(H,25,26). The van der Waals surface area contributed by atoms with Crippen LogP contribution in [0.2, 0.25) is 0 Å². The van der Waals surface area contributed by atoms with E-state index in [4.69, 9.17) is 5.73 Å². The van der Waals surface area contributed by atoms with Gasteiger partial charge in [0.2, 0.25) is 0 Å². The number of rotatable bonds is 5. The third kappa shape index (κ3) is 3.88. The Morgan fingerprint density at radius 1 is 1.06 bits per heavy atom. The minimum absolute atomic E-state index is 0.0646. The van der Waals surface area contributed by atoms with Gasteiger partial charge in [-0.05, 0) is 67.1 Å². The smallest absolute Gasteiger partial charge is 0.271 e. The van der Waals surface area contributed by atoms with Gasteiger partial charge < -0.3 is 11.1 Å². The number of nitroso groups, excluding NO2 is 1. The lowest BCUT2D eigenvalue weighted by Crippen LogP contribution is -2.04. The number of benzene rings is 3. The van der Waals surface area contributed by atoms with Gasteiger partial charge in [0.25, 0.3) is 5.69 Å². The molecule has 0 saturated heterocycles. The van der Waals surface area contributed by atoms with Crippen LogP contribution in [0.25, 0.3) is 21.8 Å². The van der Waals surface area contributed by atoms with Crippen LogP contribution in [0.4, 0.5) is 28.4 Å². The second-order valence-corrected chi connectivity index (χ2v) is 7.12. The van der Waals surface area contributed by atoms with E-state index < -0.39 is 4.92 Å². The second kappa shape index (κ2) is 7.79. The number of hydrogen-bond acceptors (Lipinski definition) is 7. The van der Waals surface area contributed by atoms with E-state index in [1.807, 2.05) is 25.1 Å². The summed E-state index contributed by atoms with van der Waals surface area (Å²) in [6, 6.07) is 15.1. The zero-order chi connectivity index (χ0) is 22.1. The van der Waals surface area contributed by atoms with Crippen LogP contribution < -0.4 is 11.1 Å². The SMILES string of the molecule is CC(N)=Nc1ccc(Nc2c3ccc(N=O)cc3nc3cc([N+](=O)[O-])ccc23)cc1C. The van der Waals surface area contributed by atoms with Crippen molar-refractivity contribution in [1.82, 2.24) is 4.98 Å². The predicted molar refractivity (Wildman–Crippen MR) is 123 cm³/mol. The largest absolute Gasteiger partial charge is 0.387 e. The van der Waals surface area contributed by atoms with Gasteiger partial charge in [0.05, 0.1) is 33.2 Å². The van der Waals surface area contributed by atoms with Crippen molar-refractivity contribution in [3.63, 3.8) is 0 Å². The van der Waals surface area contributed by atoms with E-state index in [2.05, 4.69) is 20.5 Å². The number of nitrogens with zero attached hydrogens (tertiary/aromatic N) is 4. The summed E-state index contributed by atoms with van der Waals surface area (Å²) in [5.74, 6) is 0.469. The van der Waals surface area contributed by atoms with Crippen molar-refractivity contribution in [3.05, 3.63) is 75.2 Å². The van der Waals surface area contributed by atoms with Crippen LogP contribution in [0.5, 0.6) is 0 Å². The highest BCUT2D eigenvalue weighted by Gasteiger charge is 2.14. The number of nitro groups is 1. The van der Waals surface area contributed by atoms with Gasteiger partial charge in [-0.1, -0.05) is 0 Å². The first-order valence-corrected chi connectivity index (χ1v) is 9.39. The zero-order valence-electron chi connectivity index (χ0n) is 16.8. The van der Waals surface area contributed by atoms with Crippen LogP contribution in [0.15, 0.2) is 64.8 Å². The normalized spacial score (nSPS) is 11.6. The number of nitro benzene ring substituents is 1. The molecule has 3 N–H and O–H groups in total. The van der Waals surface area contributed by atoms with E-state index >= 15 is 0 Å². The van der Waals surface area contributed by atoms with E-state index in [0.717, 1.165) is 28.0 Å². The molecule has 0 unspecified atom stereocenters. The summed E-state index contributed by atoms with van der Waals surface area (Å²) < 4.78 is 0. The van der Waals surface area contributed by atoms with Gasteiger partial charge in [-0.3, -0.25) is 10.1 Å². The molecule has 1 heterocycles. The van der Waals surface area contributed by atoms with Crippen molar-refractivity contribution in [2.45, 2.75) is 13.8 Å². The maximum atomic E-state index is 11.2. The number of pyridine rings is 1. The molecule has 0 amide bonds. The number of aliphatic imine (C=N–C) groups is 1. The fourth-order valence-electron chi connectivity index (χ4n) is 3.42. The molecular formula is C22H18N6O3. The van der Waals surface area contributed by atoms with Gasteiger partial charge >= 0.3 is 0 Å². The van der Waals surface area contributed by atoms with Gasteiger partial charge in [0, 0.05) is 28.6 Å². The maximum absolute atomic E-state index is 11.2. The van der Waals surface area contributed by atoms with Crippen LogP contribution in [-0.2, 0) is 0 Å². The first kappa shape index (κ1) is 19.9. The van der Waals surface area contributed by atoms with Gasteiger partial charge in [0.1, 0.15) is 5.69 Å². The van der Waals surface area contributed by atoms with Crippen LogP contribution in [0.1, 0.15) is 12.5 Å².